The van der Waals surface area contributed by atoms with Crippen LogP contribution in [0.2, 0.25) is 0 Å². The van der Waals surface area contributed by atoms with Gasteiger partial charge in [-0.25, -0.2) is 0 Å². The molecule has 1 aliphatic rings. The van der Waals surface area contributed by atoms with Gasteiger partial charge in [0.05, 0.1) is 6.61 Å². The van der Waals surface area contributed by atoms with Gasteiger partial charge in [0.15, 0.2) is 0 Å². The average Bonchev–Trinajstić information content (AvgIpc) is 2.67. The number of carbonyl (C=O) groups is 1. The SMILES string of the molecule is CCOC(=O)C(C)(CCCN1CCCCCC1)NC. The molecule has 0 amide bonds. The molecule has 4 heteroatoms. The first-order valence-electron chi connectivity index (χ1n) is 7.71. The second kappa shape index (κ2) is 8.54. The van der Waals surface area contributed by atoms with Crippen molar-refractivity contribution >= 4 is 5.97 Å². The van der Waals surface area contributed by atoms with E-state index in [0.29, 0.717) is 6.61 Å². The van der Waals surface area contributed by atoms with Crippen LogP contribution in [0.4, 0.5) is 0 Å². The standard InChI is InChI=1S/C15H30N2O2/c1-4-19-14(18)15(2,16-3)10-9-13-17-11-7-5-6-8-12-17/h16H,4-13H2,1-3H3. The molecule has 1 N–H and O–H groups in total. The van der Waals surface area contributed by atoms with Crippen LogP contribution in [0.25, 0.3) is 0 Å². The Labute approximate surface area is 117 Å². The van der Waals surface area contributed by atoms with Gasteiger partial charge in [0.2, 0.25) is 0 Å². The summed E-state index contributed by atoms with van der Waals surface area (Å²) in [6.07, 6.45) is 7.25. The van der Waals surface area contributed by atoms with Gasteiger partial charge >= 0.3 is 5.97 Å². The van der Waals surface area contributed by atoms with Crippen LogP contribution in [-0.4, -0.2) is 49.7 Å². The maximum Gasteiger partial charge on any atom is 0.326 e. The Bertz CT molecular complexity index is 263. The molecule has 0 bridgehead atoms. The smallest absolute Gasteiger partial charge is 0.326 e. The number of nitrogens with one attached hydrogen (secondary N) is 1. The molecular formula is C15H30N2O2. The molecule has 0 aliphatic carbocycles. The average molecular weight is 270 g/mol. The van der Waals surface area contributed by atoms with Crippen molar-refractivity contribution < 1.29 is 9.53 Å². The van der Waals surface area contributed by atoms with E-state index in [9.17, 15) is 4.79 Å². The predicted octanol–water partition coefficient (Wildman–Crippen LogP) is 2.18. The van der Waals surface area contributed by atoms with E-state index in [1.807, 2.05) is 20.9 Å². The van der Waals surface area contributed by atoms with Gasteiger partial charge in [0.25, 0.3) is 0 Å². The molecule has 1 saturated heterocycles. The van der Waals surface area contributed by atoms with Crippen LogP contribution >= 0.6 is 0 Å². The van der Waals surface area contributed by atoms with Gasteiger partial charge in [-0.1, -0.05) is 12.8 Å². The summed E-state index contributed by atoms with van der Waals surface area (Å²) < 4.78 is 5.15. The topological polar surface area (TPSA) is 41.6 Å². The second-order valence-electron chi connectivity index (χ2n) is 5.66. The van der Waals surface area contributed by atoms with E-state index < -0.39 is 5.54 Å². The third-order valence-electron chi connectivity index (χ3n) is 4.13. The molecular weight excluding hydrogens is 240 g/mol. The Morgan fingerprint density at radius 1 is 1.26 bits per heavy atom. The van der Waals surface area contributed by atoms with Crippen LogP contribution in [-0.2, 0) is 9.53 Å². The molecule has 0 aromatic rings. The van der Waals surface area contributed by atoms with Crippen molar-refractivity contribution in [3.8, 4) is 0 Å². The molecule has 1 rings (SSSR count). The number of esters is 1. The van der Waals surface area contributed by atoms with Crippen molar-refractivity contribution in [2.75, 3.05) is 33.3 Å². The molecule has 0 aromatic heterocycles. The number of hydrogen-bond acceptors (Lipinski definition) is 4. The minimum absolute atomic E-state index is 0.131. The molecule has 0 saturated carbocycles. The molecule has 0 radical (unpaired) electrons. The zero-order valence-electron chi connectivity index (χ0n) is 12.8. The van der Waals surface area contributed by atoms with Crippen LogP contribution in [0.15, 0.2) is 0 Å². The maximum absolute atomic E-state index is 11.9. The van der Waals surface area contributed by atoms with Crippen LogP contribution in [0.3, 0.4) is 0 Å². The first kappa shape index (κ1) is 16.4. The normalized spacial score (nSPS) is 20.6. The summed E-state index contributed by atoms with van der Waals surface area (Å²) >= 11 is 0. The first-order valence-corrected chi connectivity index (χ1v) is 7.71. The fraction of sp³-hybridized carbons (Fsp3) is 0.933. The van der Waals surface area contributed by atoms with E-state index in [4.69, 9.17) is 4.74 Å². The highest BCUT2D eigenvalue weighted by molar-refractivity contribution is 5.80. The Morgan fingerprint density at radius 2 is 1.89 bits per heavy atom. The minimum atomic E-state index is -0.540. The van der Waals surface area contributed by atoms with E-state index in [-0.39, 0.29) is 5.97 Å². The number of ether oxygens (including phenoxy) is 1. The Morgan fingerprint density at radius 3 is 2.42 bits per heavy atom. The van der Waals surface area contributed by atoms with E-state index in [1.165, 1.54) is 38.8 Å². The highest BCUT2D eigenvalue weighted by atomic mass is 16.5. The van der Waals surface area contributed by atoms with Crippen molar-refractivity contribution in [2.24, 2.45) is 0 Å². The number of hydrogen-bond donors (Lipinski definition) is 1. The zero-order chi connectivity index (χ0) is 14.1. The number of rotatable bonds is 7. The fourth-order valence-corrected chi connectivity index (χ4v) is 2.64. The van der Waals surface area contributed by atoms with Crippen LogP contribution in [0.1, 0.15) is 52.4 Å². The van der Waals surface area contributed by atoms with Gasteiger partial charge in [0.1, 0.15) is 5.54 Å². The lowest BCUT2D eigenvalue weighted by Gasteiger charge is -2.28. The van der Waals surface area contributed by atoms with Gasteiger partial charge in [-0.05, 0) is 66.2 Å². The maximum atomic E-state index is 11.9. The largest absolute Gasteiger partial charge is 0.465 e. The quantitative estimate of drug-likeness (QED) is 0.720. The number of likely N-dealkylation sites (N-methyl/N-ethyl adjacent to an activating group) is 1. The number of nitrogens with zero attached hydrogens (tertiary/aromatic N) is 1. The lowest BCUT2D eigenvalue weighted by molar-refractivity contribution is -0.150. The summed E-state index contributed by atoms with van der Waals surface area (Å²) in [5.74, 6) is -0.131. The molecule has 1 unspecified atom stereocenters. The molecule has 1 fully saturated rings. The summed E-state index contributed by atoms with van der Waals surface area (Å²) in [7, 11) is 1.84. The van der Waals surface area contributed by atoms with Crippen molar-refractivity contribution in [1.82, 2.24) is 10.2 Å². The van der Waals surface area contributed by atoms with Crippen molar-refractivity contribution in [2.45, 2.75) is 57.9 Å². The van der Waals surface area contributed by atoms with Crippen LogP contribution in [0, 0.1) is 0 Å². The summed E-state index contributed by atoms with van der Waals surface area (Å²) in [4.78, 5) is 14.5. The Hall–Kier alpha value is -0.610. The van der Waals surface area contributed by atoms with E-state index in [0.717, 1.165) is 19.4 Å². The minimum Gasteiger partial charge on any atom is -0.465 e. The molecule has 0 spiro atoms. The van der Waals surface area contributed by atoms with Gasteiger partial charge in [-0.2, -0.15) is 0 Å². The van der Waals surface area contributed by atoms with Crippen molar-refractivity contribution in [3.63, 3.8) is 0 Å². The third kappa shape index (κ3) is 5.49. The van der Waals surface area contributed by atoms with E-state index in [2.05, 4.69) is 10.2 Å². The third-order valence-corrected chi connectivity index (χ3v) is 4.13. The van der Waals surface area contributed by atoms with E-state index >= 15 is 0 Å². The van der Waals surface area contributed by atoms with E-state index in [1.54, 1.807) is 0 Å². The zero-order valence-corrected chi connectivity index (χ0v) is 12.8. The molecule has 1 heterocycles. The first-order chi connectivity index (χ1) is 9.12. The van der Waals surface area contributed by atoms with Crippen LogP contribution in [0.5, 0.6) is 0 Å². The molecule has 112 valence electrons. The monoisotopic (exact) mass is 270 g/mol. The molecule has 1 aliphatic heterocycles. The summed E-state index contributed by atoms with van der Waals surface area (Å²) in [5.41, 5.74) is -0.540. The van der Waals surface area contributed by atoms with Gasteiger partial charge in [0, 0.05) is 0 Å². The second-order valence-corrected chi connectivity index (χ2v) is 5.66. The Kier molecular flexibility index (Phi) is 7.39. The molecule has 1 atom stereocenters. The summed E-state index contributed by atoms with van der Waals surface area (Å²) in [6.45, 7) is 7.77. The Balaban J connectivity index is 2.33. The highest BCUT2D eigenvalue weighted by Crippen LogP contribution is 2.16. The number of carbonyl (C=O) groups excluding carboxylic acids is 1. The predicted molar refractivity (Wildman–Crippen MR) is 78.2 cm³/mol. The fourth-order valence-electron chi connectivity index (χ4n) is 2.64. The molecule has 0 aromatic carbocycles. The highest BCUT2D eigenvalue weighted by Gasteiger charge is 2.32. The van der Waals surface area contributed by atoms with Crippen LogP contribution < -0.4 is 5.32 Å². The lowest BCUT2D eigenvalue weighted by Crippen LogP contribution is -2.49. The lowest BCUT2D eigenvalue weighted by atomic mass is 9.96. The van der Waals surface area contributed by atoms with Gasteiger partial charge in [-0.15, -0.1) is 0 Å². The molecule has 4 nitrogen and oxygen atoms in total. The summed E-state index contributed by atoms with van der Waals surface area (Å²) in [6, 6.07) is 0. The van der Waals surface area contributed by atoms with Gasteiger partial charge in [-0.3, -0.25) is 4.79 Å². The number of likely N-dealkylation sites (tertiary alicyclic amines) is 1. The summed E-state index contributed by atoms with van der Waals surface area (Å²) in [5, 5.41) is 3.12. The molecule has 19 heavy (non-hydrogen) atoms. The van der Waals surface area contributed by atoms with Gasteiger partial charge < -0.3 is 15.0 Å². The van der Waals surface area contributed by atoms with Crippen molar-refractivity contribution in [3.05, 3.63) is 0 Å². The van der Waals surface area contributed by atoms with Crippen molar-refractivity contribution in [1.29, 1.82) is 0 Å².